The number of esters is 1. The van der Waals surface area contributed by atoms with Crippen LogP contribution in [-0.4, -0.2) is 13.1 Å². The molecule has 0 amide bonds. The monoisotopic (exact) mass is 265 g/mol. The van der Waals surface area contributed by atoms with Gasteiger partial charge < -0.3 is 14.5 Å². The van der Waals surface area contributed by atoms with Gasteiger partial charge in [0.1, 0.15) is 5.76 Å². The molecule has 96 valence electrons. The third kappa shape index (κ3) is 3.72. The van der Waals surface area contributed by atoms with Gasteiger partial charge in [-0.3, -0.25) is 4.79 Å². The standard InChI is InChI=1S/C13H15NO3S/c1-16-13(15)7-11-4-5-12(18-11)9-14-8-10-3-2-6-17-10/h2-6,14H,7-9H2,1H3. The summed E-state index contributed by atoms with van der Waals surface area (Å²) < 4.78 is 9.86. The Hall–Kier alpha value is -1.59. The van der Waals surface area contributed by atoms with E-state index in [1.807, 2.05) is 24.3 Å². The Balaban J connectivity index is 1.78. The topological polar surface area (TPSA) is 51.5 Å². The number of nitrogens with one attached hydrogen (secondary N) is 1. The van der Waals surface area contributed by atoms with Crippen LogP contribution in [0.2, 0.25) is 0 Å². The summed E-state index contributed by atoms with van der Waals surface area (Å²) in [4.78, 5) is 13.3. The van der Waals surface area contributed by atoms with Crippen LogP contribution >= 0.6 is 11.3 Å². The quantitative estimate of drug-likeness (QED) is 0.815. The summed E-state index contributed by atoms with van der Waals surface area (Å²) in [5.74, 6) is 0.716. The van der Waals surface area contributed by atoms with Crippen LogP contribution in [-0.2, 0) is 29.0 Å². The highest BCUT2D eigenvalue weighted by atomic mass is 32.1. The van der Waals surface area contributed by atoms with Crippen molar-refractivity contribution in [3.63, 3.8) is 0 Å². The van der Waals surface area contributed by atoms with Gasteiger partial charge in [-0.15, -0.1) is 11.3 Å². The van der Waals surface area contributed by atoms with Gasteiger partial charge in [0.05, 0.1) is 26.3 Å². The highest BCUT2D eigenvalue weighted by Gasteiger charge is 2.06. The SMILES string of the molecule is COC(=O)Cc1ccc(CNCc2ccco2)s1. The van der Waals surface area contributed by atoms with Crippen molar-refractivity contribution < 1.29 is 13.9 Å². The fraction of sp³-hybridized carbons (Fsp3) is 0.308. The number of hydrogen-bond donors (Lipinski definition) is 1. The first kappa shape index (κ1) is 12.9. The molecule has 0 bridgehead atoms. The van der Waals surface area contributed by atoms with Gasteiger partial charge in [0.2, 0.25) is 0 Å². The molecule has 2 heterocycles. The minimum Gasteiger partial charge on any atom is -0.469 e. The van der Waals surface area contributed by atoms with Crippen molar-refractivity contribution >= 4 is 17.3 Å². The predicted molar refractivity (Wildman–Crippen MR) is 69.3 cm³/mol. The summed E-state index contributed by atoms with van der Waals surface area (Å²) in [5, 5.41) is 3.29. The van der Waals surface area contributed by atoms with Crippen molar-refractivity contribution in [1.29, 1.82) is 0 Å². The maximum Gasteiger partial charge on any atom is 0.310 e. The lowest BCUT2D eigenvalue weighted by molar-refractivity contribution is -0.139. The van der Waals surface area contributed by atoms with Gasteiger partial charge in [0.15, 0.2) is 0 Å². The average Bonchev–Trinajstić information content (AvgIpc) is 3.01. The predicted octanol–water partition coefficient (Wildman–Crippen LogP) is 2.35. The Labute approximate surface area is 110 Å². The second kappa shape index (κ2) is 6.37. The summed E-state index contributed by atoms with van der Waals surface area (Å²) >= 11 is 1.62. The molecule has 0 spiro atoms. The highest BCUT2D eigenvalue weighted by Crippen LogP contribution is 2.17. The van der Waals surface area contributed by atoms with E-state index in [4.69, 9.17) is 4.42 Å². The lowest BCUT2D eigenvalue weighted by atomic mass is 10.3. The number of methoxy groups -OCH3 is 1. The van der Waals surface area contributed by atoms with Crippen molar-refractivity contribution in [1.82, 2.24) is 5.32 Å². The smallest absolute Gasteiger partial charge is 0.310 e. The number of rotatable bonds is 6. The minimum atomic E-state index is -0.202. The van der Waals surface area contributed by atoms with Gasteiger partial charge in [0.25, 0.3) is 0 Å². The van der Waals surface area contributed by atoms with Gasteiger partial charge in [0, 0.05) is 16.3 Å². The first-order chi connectivity index (χ1) is 8.78. The fourth-order valence-corrected chi connectivity index (χ4v) is 2.52. The van der Waals surface area contributed by atoms with Crippen molar-refractivity contribution in [2.24, 2.45) is 0 Å². The van der Waals surface area contributed by atoms with Crippen molar-refractivity contribution in [3.8, 4) is 0 Å². The molecule has 0 aliphatic heterocycles. The molecule has 4 nitrogen and oxygen atoms in total. The van der Waals surface area contributed by atoms with Gasteiger partial charge in [-0.2, -0.15) is 0 Å². The molecule has 0 aromatic carbocycles. The van der Waals surface area contributed by atoms with Crippen LogP contribution in [0.25, 0.3) is 0 Å². The number of thiophene rings is 1. The summed E-state index contributed by atoms with van der Waals surface area (Å²) in [6.45, 7) is 1.48. The molecule has 0 fully saturated rings. The number of furan rings is 1. The van der Waals surface area contributed by atoms with Crippen LogP contribution in [0.15, 0.2) is 34.9 Å². The largest absolute Gasteiger partial charge is 0.469 e. The molecule has 0 saturated heterocycles. The Kier molecular flexibility index (Phi) is 4.55. The van der Waals surface area contributed by atoms with E-state index in [0.29, 0.717) is 13.0 Å². The highest BCUT2D eigenvalue weighted by molar-refractivity contribution is 7.12. The van der Waals surface area contributed by atoms with Crippen molar-refractivity contribution in [2.75, 3.05) is 7.11 Å². The molecule has 0 radical (unpaired) electrons. The molecule has 0 atom stereocenters. The third-order valence-electron chi connectivity index (χ3n) is 2.44. The number of carbonyl (C=O) groups is 1. The Morgan fingerprint density at radius 2 is 2.17 bits per heavy atom. The molecule has 2 aromatic heterocycles. The molecule has 2 rings (SSSR count). The Morgan fingerprint density at radius 3 is 2.89 bits per heavy atom. The van der Waals surface area contributed by atoms with Crippen LogP contribution in [0.3, 0.4) is 0 Å². The second-order valence-corrected chi connectivity index (χ2v) is 5.06. The summed E-state index contributed by atoms with van der Waals surface area (Å²) in [6, 6.07) is 7.80. The van der Waals surface area contributed by atoms with E-state index in [1.54, 1.807) is 17.6 Å². The van der Waals surface area contributed by atoms with E-state index < -0.39 is 0 Å². The minimum absolute atomic E-state index is 0.202. The van der Waals surface area contributed by atoms with Gasteiger partial charge in [-0.25, -0.2) is 0 Å². The van der Waals surface area contributed by atoms with Gasteiger partial charge >= 0.3 is 5.97 Å². The molecule has 5 heteroatoms. The average molecular weight is 265 g/mol. The van der Waals surface area contributed by atoms with Crippen LogP contribution in [0.1, 0.15) is 15.5 Å². The summed E-state index contributed by atoms with van der Waals surface area (Å²) in [5.41, 5.74) is 0. The molecule has 1 N–H and O–H groups in total. The van der Waals surface area contributed by atoms with Crippen LogP contribution < -0.4 is 5.32 Å². The first-order valence-corrected chi connectivity index (χ1v) is 6.47. The number of carbonyl (C=O) groups excluding carboxylic acids is 1. The molecule has 0 saturated carbocycles. The molecule has 0 aliphatic rings. The van der Waals surface area contributed by atoms with E-state index in [0.717, 1.165) is 17.2 Å². The lowest BCUT2D eigenvalue weighted by Crippen LogP contribution is -2.10. The molecular formula is C13H15NO3S. The summed E-state index contributed by atoms with van der Waals surface area (Å²) in [6.07, 6.45) is 2.01. The van der Waals surface area contributed by atoms with E-state index in [1.165, 1.54) is 12.0 Å². The van der Waals surface area contributed by atoms with Gasteiger partial charge in [-0.1, -0.05) is 0 Å². The summed E-state index contributed by atoms with van der Waals surface area (Å²) in [7, 11) is 1.40. The zero-order valence-electron chi connectivity index (χ0n) is 10.1. The maximum atomic E-state index is 11.1. The molecule has 2 aromatic rings. The first-order valence-electron chi connectivity index (χ1n) is 5.65. The number of ether oxygens (including phenoxy) is 1. The van der Waals surface area contributed by atoms with E-state index in [-0.39, 0.29) is 5.97 Å². The van der Waals surface area contributed by atoms with E-state index >= 15 is 0 Å². The number of hydrogen-bond acceptors (Lipinski definition) is 5. The van der Waals surface area contributed by atoms with Crippen LogP contribution in [0.4, 0.5) is 0 Å². The normalized spacial score (nSPS) is 10.5. The molecular weight excluding hydrogens is 250 g/mol. The fourth-order valence-electron chi connectivity index (χ4n) is 1.55. The molecule has 0 unspecified atom stereocenters. The third-order valence-corrected chi connectivity index (χ3v) is 3.53. The zero-order chi connectivity index (χ0) is 12.8. The maximum absolute atomic E-state index is 11.1. The van der Waals surface area contributed by atoms with Crippen LogP contribution in [0.5, 0.6) is 0 Å². The Bertz CT molecular complexity index is 490. The zero-order valence-corrected chi connectivity index (χ0v) is 11.0. The molecule has 18 heavy (non-hydrogen) atoms. The van der Waals surface area contributed by atoms with Crippen LogP contribution in [0, 0.1) is 0 Å². The Morgan fingerprint density at radius 1 is 1.33 bits per heavy atom. The van der Waals surface area contributed by atoms with E-state index in [9.17, 15) is 4.79 Å². The lowest BCUT2D eigenvalue weighted by Gasteiger charge is -1.99. The van der Waals surface area contributed by atoms with Crippen molar-refractivity contribution in [3.05, 3.63) is 46.0 Å². The van der Waals surface area contributed by atoms with Crippen molar-refractivity contribution in [2.45, 2.75) is 19.5 Å². The second-order valence-electron chi connectivity index (χ2n) is 3.80. The van der Waals surface area contributed by atoms with E-state index in [2.05, 4.69) is 10.1 Å². The molecule has 0 aliphatic carbocycles. The van der Waals surface area contributed by atoms with Gasteiger partial charge in [-0.05, 0) is 24.3 Å².